The number of carbonyl (C=O) groups excluding carboxylic acids is 1. The fourth-order valence-electron chi connectivity index (χ4n) is 3.02. The van der Waals surface area contributed by atoms with Crippen LogP contribution in [0.1, 0.15) is 28.8 Å². The third-order valence-corrected chi connectivity index (χ3v) is 4.56. The van der Waals surface area contributed by atoms with Crippen molar-refractivity contribution in [2.24, 2.45) is 11.7 Å². The van der Waals surface area contributed by atoms with Crippen LogP contribution < -0.4 is 15.8 Å². The van der Waals surface area contributed by atoms with Crippen molar-refractivity contribution >= 4 is 5.91 Å². The molecular formula is C20H23FN2O4. The van der Waals surface area contributed by atoms with Crippen molar-refractivity contribution < 1.29 is 23.8 Å². The molecule has 0 saturated carbocycles. The van der Waals surface area contributed by atoms with Crippen LogP contribution in [0.15, 0.2) is 36.4 Å². The molecule has 2 aromatic rings. The van der Waals surface area contributed by atoms with E-state index >= 15 is 0 Å². The highest BCUT2D eigenvalue weighted by molar-refractivity contribution is 5.95. The van der Waals surface area contributed by atoms with E-state index in [0.29, 0.717) is 12.5 Å². The van der Waals surface area contributed by atoms with Crippen LogP contribution in [-0.2, 0) is 11.3 Å². The summed E-state index contributed by atoms with van der Waals surface area (Å²) in [5.74, 6) is -0.713. The van der Waals surface area contributed by atoms with Gasteiger partial charge in [-0.25, -0.2) is 4.39 Å². The molecule has 0 radical (unpaired) electrons. The first-order valence-corrected chi connectivity index (χ1v) is 8.90. The minimum atomic E-state index is -0.747. The highest BCUT2D eigenvalue weighted by atomic mass is 19.1. The van der Waals surface area contributed by atoms with Crippen LogP contribution >= 0.6 is 0 Å². The van der Waals surface area contributed by atoms with Gasteiger partial charge in [0.15, 0.2) is 11.6 Å². The van der Waals surface area contributed by atoms with E-state index in [0.717, 1.165) is 38.2 Å². The summed E-state index contributed by atoms with van der Waals surface area (Å²) in [6, 6.07) is 8.75. The SMILES string of the molecule is NC(=O)c1ccc(Oc2ccc(CNCC3CCOCC3)cc2F)cc1O. The van der Waals surface area contributed by atoms with Crippen molar-refractivity contribution in [1.29, 1.82) is 0 Å². The predicted octanol–water partition coefficient (Wildman–Crippen LogP) is 2.94. The quantitative estimate of drug-likeness (QED) is 0.693. The van der Waals surface area contributed by atoms with Gasteiger partial charge in [-0.05, 0) is 55.1 Å². The van der Waals surface area contributed by atoms with Crippen molar-refractivity contribution in [1.82, 2.24) is 5.32 Å². The van der Waals surface area contributed by atoms with Crippen LogP contribution in [0.4, 0.5) is 4.39 Å². The zero-order valence-corrected chi connectivity index (χ0v) is 14.9. The first kappa shape index (κ1) is 19.1. The molecule has 0 bridgehead atoms. The van der Waals surface area contributed by atoms with Gasteiger partial charge in [-0.3, -0.25) is 4.79 Å². The zero-order valence-electron chi connectivity index (χ0n) is 14.9. The number of nitrogens with one attached hydrogen (secondary N) is 1. The van der Waals surface area contributed by atoms with E-state index in [1.165, 1.54) is 24.3 Å². The Kier molecular flexibility index (Phi) is 6.26. The molecule has 1 aliphatic heterocycles. The maximum atomic E-state index is 14.3. The van der Waals surface area contributed by atoms with Gasteiger partial charge in [0.1, 0.15) is 11.5 Å². The number of benzene rings is 2. The predicted molar refractivity (Wildman–Crippen MR) is 98.3 cm³/mol. The minimum Gasteiger partial charge on any atom is -0.507 e. The van der Waals surface area contributed by atoms with E-state index in [9.17, 15) is 14.3 Å². The smallest absolute Gasteiger partial charge is 0.252 e. The summed E-state index contributed by atoms with van der Waals surface area (Å²) in [5, 5.41) is 13.1. The number of aromatic hydroxyl groups is 1. The van der Waals surface area contributed by atoms with Gasteiger partial charge in [0.2, 0.25) is 0 Å². The molecule has 1 saturated heterocycles. The summed E-state index contributed by atoms with van der Waals surface area (Å²) in [6.07, 6.45) is 2.10. The van der Waals surface area contributed by atoms with Gasteiger partial charge in [-0.15, -0.1) is 0 Å². The first-order chi connectivity index (χ1) is 13.0. The number of hydrogen-bond acceptors (Lipinski definition) is 5. The molecule has 0 aromatic heterocycles. The van der Waals surface area contributed by atoms with E-state index < -0.39 is 11.7 Å². The van der Waals surface area contributed by atoms with Crippen molar-refractivity contribution in [2.75, 3.05) is 19.8 Å². The molecule has 1 fully saturated rings. The van der Waals surface area contributed by atoms with Gasteiger partial charge in [0.05, 0.1) is 5.56 Å². The number of hydrogen-bond donors (Lipinski definition) is 3. The van der Waals surface area contributed by atoms with Crippen LogP contribution in [0.25, 0.3) is 0 Å². The van der Waals surface area contributed by atoms with E-state index in [4.69, 9.17) is 15.2 Å². The largest absolute Gasteiger partial charge is 0.507 e. The molecule has 144 valence electrons. The Hall–Kier alpha value is -2.64. The highest BCUT2D eigenvalue weighted by Crippen LogP contribution is 2.29. The number of nitrogens with two attached hydrogens (primary N) is 1. The Bertz CT molecular complexity index is 807. The van der Waals surface area contributed by atoms with Crippen molar-refractivity contribution in [3.05, 3.63) is 53.3 Å². The van der Waals surface area contributed by atoms with E-state index in [1.54, 1.807) is 12.1 Å². The van der Waals surface area contributed by atoms with Crippen LogP contribution in [0.2, 0.25) is 0 Å². The molecule has 4 N–H and O–H groups in total. The Morgan fingerprint density at radius 1 is 1.26 bits per heavy atom. The number of carbonyl (C=O) groups is 1. The van der Waals surface area contributed by atoms with E-state index in [1.807, 2.05) is 0 Å². The molecule has 6 nitrogen and oxygen atoms in total. The van der Waals surface area contributed by atoms with Gasteiger partial charge < -0.3 is 25.6 Å². The highest BCUT2D eigenvalue weighted by Gasteiger charge is 2.14. The topological polar surface area (TPSA) is 93.8 Å². The van der Waals surface area contributed by atoms with Crippen molar-refractivity contribution in [3.63, 3.8) is 0 Å². The van der Waals surface area contributed by atoms with E-state index in [2.05, 4.69) is 5.32 Å². The molecule has 0 aliphatic carbocycles. The Morgan fingerprint density at radius 2 is 2.04 bits per heavy atom. The second-order valence-corrected chi connectivity index (χ2v) is 6.60. The van der Waals surface area contributed by atoms with Crippen LogP contribution in [0.5, 0.6) is 17.2 Å². The molecule has 1 aliphatic rings. The Labute approximate surface area is 157 Å². The third kappa shape index (κ3) is 5.18. The van der Waals surface area contributed by atoms with E-state index in [-0.39, 0.29) is 22.8 Å². The summed E-state index contributed by atoms with van der Waals surface area (Å²) < 4.78 is 25.1. The summed E-state index contributed by atoms with van der Waals surface area (Å²) in [7, 11) is 0. The lowest BCUT2D eigenvalue weighted by molar-refractivity contribution is 0.0662. The monoisotopic (exact) mass is 374 g/mol. The fourth-order valence-corrected chi connectivity index (χ4v) is 3.02. The molecule has 27 heavy (non-hydrogen) atoms. The molecular weight excluding hydrogens is 351 g/mol. The second kappa shape index (κ2) is 8.83. The molecule has 0 unspecified atom stereocenters. The summed E-state index contributed by atoms with van der Waals surface area (Å²) in [4.78, 5) is 11.1. The lowest BCUT2D eigenvalue weighted by Gasteiger charge is -2.22. The Morgan fingerprint density at radius 3 is 2.70 bits per heavy atom. The lowest BCUT2D eigenvalue weighted by atomic mass is 10.0. The molecule has 0 atom stereocenters. The number of phenols is 1. The van der Waals surface area contributed by atoms with Gasteiger partial charge in [0.25, 0.3) is 5.91 Å². The second-order valence-electron chi connectivity index (χ2n) is 6.60. The molecule has 1 heterocycles. The van der Waals surface area contributed by atoms with Gasteiger partial charge >= 0.3 is 0 Å². The zero-order chi connectivity index (χ0) is 19.2. The average molecular weight is 374 g/mol. The number of halogens is 1. The number of rotatable bonds is 7. The van der Waals surface area contributed by atoms with Gasteiger partial charge in [-0.2, -0.15) is 0 Å². The maximum absolute atomic E-state index is 14.3. The standard InChI is InChI=1S/C20H23FN2O4/c21-17-9-14(12-23-11-13-5-7-26-8-6-13)1-4-19(17)27-15-2-3-16(20(22)25)18(24)10-15/h1-4,9-10,13,23-24H,5-8,11-12H2,(H2,22,25). The van der Waals surface area contributed by atoms with Crippen LogP contribution in [-0.4, -0.2) is 30.8 Å². The molecule has 0 spiro atoms. The minimum absolute atomic E-state index is 0.0197. The molecule has 2 aromatic carbocycles. The normalized spacial score (nSPS) is 14.9. The first-order valence-electron chi connectivity index (χ1n) is 8.90. The number of ether oxygens (including phenoxy) is 2. The maximum Gasteiger partial charge on any atom is 0.252 e. The van der Waals surface area contributed by atoms with Crippen molar-refractivity contribution in [2.45, 2.75) is 19.4 Å². The van der Waals surface area contributed by atoms with Crippen LogP contribution in [0.3, 0.4) is 0 Å². The average Bonchev–Trinajstić information content (AvgIpc) is 2.64. The summed E-state index contributed by atoms with van der Waals surface area (Å²) >= 11 is 0. The van der Waals surface area contributed by atoms with Gasteiger partial charge in [-0.1, -0.05) is 6.07 Å². The number of amides is 1. The third-order valence-electron chi connectivity index (χ3n) is 4.56. The summed E-state index contributed by atoms with van der Waals surface area (Å²) in [6.45, 7) is 3.07. The molecule has 1 amide bonds. The lowest BCUT2D eigenvalue weighted by Crippen LogP contribution is -2.27. The summed E-state index contributed by atoms with van der Waals surface area (Å²) in [5.41, 5.74) is 5.93. The fraction of sp³-hybridized carbons (Fsp3) is 0.350. The number of primary amides is 1. The molecule has 7 heteroatoms. The molecule has 3 rings (SSSR count). The van der Waals surface area contributed by atoms with Crippen molar-refractivity contribution in [3.8, 4) is 17.2 Å². The Balaban J connectivity index is 1.57. The van der Waals surface area contributed by atoms with Gasteiger partial charge in [0, 0.05) is 25.8 Å². The van der Waals surface area contributed by atoms with Crippen LogP contribution in [0, 0.1) is 11.7 Å².